The number of fused-ring (bicyclic) bond motifs is 1. The van der Waals surface area contributed by atoms with Gasteiger partial charge in [0.1, 0.15) is 0 Å². The fourth-order valence-corrected chi connectivity index (χ4v) is 2.96. The molecule has 0 radical (unpaired) electrons. The van der Waals surface area contributed by atoms with Gasteiger partial charge in [-0.15, -0.1) is 0 Å². The predicted molar refractivity (Wildman–Crippen MR) is 73.6 cm³/mol. The lowest BCUT2D eigenvalue weighted by atomic mass is 9.85. The van der Waals surface area contributed by atoms with Crippen LogP contribution in [0.2, 0.25) is 0 Å². The molecule has 2 heterocycles. The van der Waals surface area contributed by atoms with Crippen LogP contribution in [0.25, 0.3) is 0 Å². The maximum absolute atomic E-state index is 12.1. The second-order valence-corrected chi connectivity index (χ2v) is 5.96. The number of carbonyl (C=O) groups is 2. The Morgan fingerprint density at radius 2 is 2.26 bits per heavy atom. The predicted octanol–water partition coefficient (Wildman–Crippen LogP) is 0.502. The quantitative estimate of drug-likeness (QED) is 0.780. The van der Waals surface area contributed by atoms with Gasteiger partial charge in [0, 0.05) is 44.6 Å². The lowest BCUT2D eigenvalue weighted by molar-refractivity contribution is -0.134. The van der Waals surface area contributed by atoms with Crippen LogP contribution < -0.4 is 10.6 Å². The minimum atomic E-state index is 0.169. The molecule has 108 valence electrons. The van der Waals surface area contributed by atoms with Gasteiger partial charge in [-0.2, -0.15) is 0 Å². The molecule has 0 saturated carbocycles. The minimum Gasteiger partial charge on any atom is -0.353 e. The molecule has 0 aromatic rings. The summed E-state index contributed by atoms with van der Waals surface area (Å²) in [5.74, 6) is 0.860. The molecular weight excluding hydrogens is 242 g/mol. The Kier molecular flexibility index (Phi) is 4.80. The molecule has 2 aliphatic heterocycles. The Labute approximate surface area is 115 Å². The van der Waals surface area contributed by atoms with E-state index in [1.165, 1.54) is 0 Å². The van der Waals surface area contributed by atoms with Crippen molar-refractivity contribution in [3.05, 3.63) is 0 Å². The van der Waals surface area contributed by atoms with E-state index >= 15 is 0 Å². The number of amides is 2. The number of carbonyl (C=O) groups excluding carboxylic acids is 2. The van der Waals surface area contributed by atoms with E-state index in [2.05, 4.69) is 24.5 Å². The first-order valence-electron chi connectivity index (χ1n) is 7.37. The monoisotopic (exact) mass is 267 g/mol. The smallest absolute Gasteiger partial charge is 0.223 e. The van der Waals surface area contributed by atoms with Crippen molar-refractivity contribution in [2.75, 3.05) is 19.6 Å². The molecule has 2 N–H and O–H groups in total. The first kappa shape index (κ1) is 14.3. The van der Waals surface area contributed by atoms with Gasteiger partial charge in [-0.25, -0.2) is 0 Å². The maximum atomic E-state index is 12.1. The van der Waals surface area contributed by atoms with E-state index in [9.17, 15) is 9.59 Å². The molecule has 5 nitrogen and oxygen atoms in total. The van der Waals surface area contributed by atoms with E-state index < -0.39 is 0 Å². The summed E-state index contributed by atoms with van der Waals surface area (Å²) < 4.78 is 0. The summed E-state index contributed by atoms with van der Waals surface area (Å²) in [5, 5.41) is 6.32. The number of hydrogen-bond donors (Lipinski definition) is 2. The molecule has 2 aliphatic rings. The molecule has 0 aromatic carbocycles. The third-order valence-electron chi connectivity index (χ3n) is 4.07. The Morgan fingerprint density at radius 3 is 3.00 bits per heavy atom. The van der Waals surface area contributed by atoms with Crippen molar-refractivity contribution in [2.24, 2.45) is 5.92 Å². The third kappa shape index (κ3) is 3.93. The number of hydrogen-bond acceptors (Lipinski definition) is 3. The number of piperidine rings is 2. The van der Waals surface area contributed by atoms with Crippen molar-refractivity contribution in [3.63, 3.8) is 0 Å². The number of likely N-dealkylation sites (tertiary alicyclic amines) is 1. The Hall–Kier alpha value is -1.10. The summed E-state index contributed by atoms with van der Waals surface area (Å²) in [6, 6.07) is 0.714. The van der Waals surface area contributed by atoms with Crippen LogP contribution >= 0.6 is 0 Å². The average Bonchev–Trinajstić information content (AvgIpc) is 2.37. The van der Waals surface area contributed by atoms with Crippen LogP contribution in [0.15, 0.2) is 0 Å². The topological polar surface area (TPSA) is 61.4 Å². The molecule has 2 amide bonds. The molecular formula is C14H25N3O2. The van der Waals surface area contributed by atoms with Crippen LogP contribution in [0.1, 0.15) is 39.5 Å². The summed E-state index contributed by atoms with van der Waals surface area (Å²) in [4.78, 5) is 25.4. The van der Waals surface area contributed by atoms with E-state index in [4.69, 9.17) is 0 Å². The van der Waals surface area contributed by atoms with E-state index in [0.29, 0.717) is 30.8 Å². The Bertz CT molecular complexity index is 344. The SMILES string of the molecule is CC(C)NCCC(=O)N1CCC2NC(=O)CCC2C1. The van der Waals surface area contributed by atoms with E-state index in [1.807, 2.05) is 4.90 Å². The van der Waals surface area contributed by atoms with Crippen molar-refractivity contribution in [1.82, 2.24) is 15.5 Å². The minimum absolute atomic E-state index is 0.169. The molecule has 2 atom stereocenters. The third-order valence-corrected chi connectivity index (χ3v) is 4.07. The van der Waals surface area contributed by atoms with Crippen molar-refractivity contribution in [1.29, 1.82) is 0 Å². The standard InChI is InChI=1S/C14H25N3O2/c1-10(2)15-7-5-14(19)17-8-6-12-11(9-17)3-4-13(18)16-12/h10-12,15H,3-9H2,1-2H3,(H,16,18). The van der Waals surface area contributed by atoms with Crippen LogP contribution in [-0.2, 0) is 9.59 Å². The zero-order valence-corrected chi connectivity index (χ0v) is 11.9. The lowest BCUT2D eigenvalue weighted by Crippen LogP contribution is -2.55. The molecule has 2 fully saturated rings. The summed E-state index contributed by atoms with van der Waals surface area (Å²) >= 11 is 0. The molecule has 2 unspecified atom stereocenters. The van der Waals surface area contributed by atoms with Crippen molar-refractivity contribution in [3.8, 4) is 0 Å². The van der Waals surface area contributed by atoms with E-state index in [0.717, 1.165) is 32.5 Å². The normalized spacial score (nSPS) is 27.1. The molecule has 0 bridgehead atoms. The van der Waals surface area contributed by atoms with Crippen molar-refractivity contribution >= 4 is 11.8 Å². The highest BCUT2D eigenvalue weighted by Gasteiger charge is 2.34. The summed E-state index contributed by atoms with van der Waals surface area (Å²) in [5.41, 5.74) is 0. The van der Waals surface area contributed by atoms with Crippen LogP contribution in [0.5, 0.6) is 0 Å². The van der Waals surface area contributed by atoms with Gasteiger partial charge in [-0.05, 0) is 18.8 Å². The molecule has 5 heteroatoms. The average molecular weight is 267 g/mol. The Balaban J connectivity index is 1.77. The first-order chi connectivity index (χ1) is 9.06. The second kappa shape index (κ2) is 6.37. The fourth-order valence-electron chi connectivity index (χ4n) is 2.96. The lowest BCUT2D eigenvalue weighted by Gasteiger charge is -2.41. The van der Waals surface area contributed by atoms with Gasteiger partial charge >= 0.3 is 0 Å². The molecule has 19 heavy (non-hydrogen) atoms. The Morgan fingerprint density at radius 1 is 1.47 bits per heavy atom. The van der Waals surface area contributed by atoms with Crippen LogP contribution in [0.3, 0.4) is 0 Å². The molecule has 0 aliphatic carbocycles. The van der Waals surface area contributed by atoms with Crippen LogP contribution in [0.4, 0.5) is 0 Å². The van der Waals surface area contributed by atoms with Gasteiger partial charge in [0.25, 0.3) is 0 Å². The van der Waals surface area contributed by atoms with E-state index in [1.54, 1.807) is 0 Å². The molecule has 2 saturated heterocycles. The number of nitrogens with one attached hydrogen (secondary N) is 2. The van der Waals surface area contributed by atoms with Gasteiger partial charge < -0.3 is 15.5 Å². The highest BCUT2D eigenvalue weighted by Crippen LogP contribution is 2.25. The van der Waals surface area contributed by atoms with Crippen LogP contribution in [-0.4, -0.2) is 48.4 Å². The molecule has 0 aromatic heterocycles. The van der Waals surface area contributed by atoms with E-state index in [-0.39, 0.29) is 11.8 Å². The zero-order valence-electron chi connectivity index (χ0n) is 11.9. The molecule has 0 spiro atoms. The van der Waals surface area contributed by atoms with Gasteiger partial charge in [-0.3, -0.25) is 9.59 Å². The van der Waals surface area contributed by atoms with Crippen LogP contribution in [0, 0.1) is 5.92 Å². The largest absolute Gasteiger partial charge is 0.353 e. The van der Waals surface area contributed by atoms with Crippen molar-refractivity contribution in [2.45, 2.75) is 51.6 Å². The molecule has 2 rings (SSSR count). The first-order valence-corrected chi connectivity index (χ1v) is 7.37. The summed E-state index contributed by atoms with van der Waals surface area (Å²) in [7, 11) is 0. The number of nitrogens with zero attached hydrogens (tertiary/aromatic N) is 1. The fraction of sp³-hybridized carbons (Fsp3) is 0.857. The maximum Gasteiger partial charge on any atom is 0.223 e. The summed E-state index contributed by atoms with van der Waals surface area (Å²) in [6.45, 7) is 6.51. The van der Waals surface area contributed by atoms with Gasteiger partial charge in [0.05, 0.1) is 0 Å². The second-order valence-electron chi connectivity index (χ2n) is 5.96. The zero-order chi connectivity index (χ0) is 13.8. The van der Waals surface area contributed by atoms with Gasteiger partial charge in [0.15, 0.2) is 0 Å². The van der Waals surface area contributed by atoms with Crippen molar-refractivity contribution < 1.29 is 9.59 Å². The highest BCUT2D eigenvalue weighted by atomic mass is 16.2. The van der Waals surface area contributed by atoms with Gasteiger partial charge in [-0.1, -0.05) is 13.8 Å². The van der Waals surface area contributed by atoms with Gasteiger partial charge in [0.2, 0.25) is 11.8 Å². The summed E-state index contributed by atoms with van der Waals surface area (Å²) in [6.07, 6.45) is 3.00. The number of rotatable bonds is 4. The highest BCUT2D eigenvalue weighted by molar-refractivity contribution is 5.78.